The first-order chi connectivity index (χ1) is 15.6. The Bertz CT molecular complexity index is 1000. The van der Waals surface area contributed by atoms with Crippen LogP contribution in [0.2, 0.25) is 0 Å². The Kier molecular flexibility index (Phi) is 7.09. The number of hydrogen-bond acceptors (Lipinski definition) is 6. The molecule has 2 aromatic carbocycles. The van der Waals surface area contributed by atoms with E-state index in [2.05, 4.69) is 17.0 Å². The zero-order valence-electron chi connectivity index (χ0n) is 18.9. The predicted molar refractivity (Wildman–Crippen MR) is 123 cm³/mol. The molecule has 1 heterocycles. The summed E-state index contributed by atoms with van der Waals surface area (Å²) < 4.78 is 18.5. The van der Waals surface area contributed by atoms with Crippen molar-refractivity contribution >= 4 is 0 Å². The van der Waals surface area contributed by atoms with Gasteiger partial charge in [-0.15, -0.1) is 0 Å². The number of benzene rings is 2. The number of rotatable bonds is 11. The van der Waals surface area contributed by atoms with Crippen molar-refractivity contribution < 1.29 is 19.3 Å². The molecule has 0 bridgehead atoms. The fourth-order valence-corrected chi connectivity index (χ4v) is 3.91. The van der Waals surface area contributed by atoms with Gasteiger partial charge in [0.1, 0.15) is 17.2 Å². The minimum absolute atomic E-state index is 0.316. The van der Waals surface area contributed by atoms with Gasteiger partial charge in [0.25, 0.3) is 0 Å². The maximum Gasteiger partial charge on any atom is 0.222 e. The third kappa shape index (κ3) is 5.30. The van der Waals surface area contributed by atoms with E-state index in [4.69, 9.17) is 19.3 Å². The van der Waals surface area contributed by atoms with Gasteiger partial charge in [0, 0.05) is 38.9 Å². The summed E-state index contributed by atoms with van der Waals surface area (Å²) in [6, 6.07) is 18.1. The lowest BCUT2D eigenvalue weighted by atomic mass is 10.1. The molecule has 32 heavy (non-hydrogen) atoms. The van der Waals surface area contributed by atoms with Gasteiger partial charge in [-0.25, -0.2) is 4.68 Å². The van der Waals surface area contributed by atoms with Gasteiger partial charge in [-0.1, -0.05) is 30.3 Å². The van der Waals surface area contributed by atoms with Crippen LogP contribution < -0.4 is 9.47 Å². The van der Waals surface area contributed by atoms with Crippen LogP contribution in [0.4, 0.5) is 0 Å². The van der Waals surface area contributed by atoms with Gasteiger partial charge in [-0.05, 0) is 37.1 Å². The highest BCUT2D eigenvalue weighted by atomic mass is 16.5. The number of methoxy groups -OCH3 is 2. The standard InChI is InChI=1S/C25H31N3O4/c1-27-25(32-22-13-11-21(31-3)12-14-22)23(24(26-27)18-7-5-4-6-8-18)16-28(19-9-10-19)15-20(29)17-30-2/h4-8,11-14,19-20,29H,9-10,15-17H2,1-3H3/t20-/m1/s1. The van der Waals surface area contributed by atoms with E-state index in [9.17, 15) is 5.11 Å². The SMILES string of the molecule is COC[C@H](O)CN(Cc1c(-c2ccccc2)nn(C)c1Oc1ccc(OC)cc1)C1CC1. The molecule has 1 aromatic heterocycles. The Labute approximate surface area is 189 Å². The van der Waals surface area contributed by atoms with Crippen LogP contribution in [0.1, 0.15) is 18.4 Å². The van der Waals surface area contributed by atoms with Crippen LogP contribution in [0, 0.1) is 0 Å². The quantitative estimate of drug-likeness (QED) is 0.491. The van der Waals surface area contributed by atoms with Gasteiger partial charge in [-0.2, -0.15) is 5.10 Å². The minimum Gasteiger partial charge on any atom is -0.497 e. The minimum atomic E-state index is -0.539. The van der Waals surface area contributed by atoms with Crippen molar-refractivity contribution in [2.24, 2.45) is 7.05 Å². The third-order valence-electron chi connectivity index (χ3n) is 5.64. The van der Waals surface area contributed by atoms with E-state index in [1.165, 1.54) is 0 Å². The second kappa shape index (κ2) is 10.2. The molecule has 0 amide bonds. The third-order valence-corrected chi connectivity index (χ3v) is 5.64. The first-order valence-electron chi connectivity index (χ1n) is 10.9. The first kappa shape index (κ1) is 22.3. The van der Waals surface area contributed by atoms with Gasteiger partial charge in [0.05, 0.1) is 25.4 Å². The van der Waals surface area contributed by atoms with Gasteiger partial charge in [0.15, 0.2) is 0 Å². The number of aliphatic hydroxyl groups excluding tert-OH is 1. The van der Waals surface area contributed by atoms with E-state index in [-0.39, 0.29) is 0 Å². The van der Waals surface area contributed by atoms with Crippen molar-refractivity contribution in [3.8, 4) is 28.6 Å². The summed E-state index contributed by atoms with van der Waals surface area (Å²) in [5.41, 5.74) is 2.94. The lowest BCUT2D eigenvalue weighted by Crippen LogP contribution is -2.36. The summed E-state index contributed by atoms with van der Waals surface area (Å²) in [7, 11) is 5.15. The Morgan fingerprint density at radius 1 is 1.06 bits per heavy atom. The second-order valence-electron chi connectivity index (χ2n) is 8.17. The maximum absolute atomic E-state index is 10.4. The van der Waals surface area contributed by atoms with E-state index < -0.39 is 6.10 Å². The van der Waals surface area contributed by atoms with Crippen LogP contribution in [0.3, 0.4) is 0 Å². The molecule has 0 spiro atoms. The van der Waals surface area contributed by atoms with Crippen LogP contribution in [0.5, 0.6) is 17.4 Å². The van der Waals surface area contributed by atoms with Crippen LogP contribution in [0.25, 0.3) is 11.3 Å². The summed E-state index contributed by atoms with van der Waals surface area (Å²) in [5.74, 6) is 2.19. The Morgan fingerprint density at radius 2 is 1.75 bits per heavy atom. The van der Waals surface area contributed by atoms with Crippen molar-refractivity contribution in [3.05, 3.63) is 60.2 Å². The van der Waals surface area contributed by atoms with Crippen molar-refractivity contribution in [2.75, 3.05) is 27.4 Å². The molecule has 4 rings (SSSR count). The second-order valence-corrected chi connectivity index (χ2v) is 8.17. The van der Waals surface area contributed by atoms with Crippen molar-refractivity contribution in [1.29, 1.82) is 0 Å². The Balaban J connectivity index is 1.68. The highest BCUT2D eigenvalue weighted by molar-refractivity contribution is 5.65. The molecule has 3 aromatic rings. The van der Waals surface area contributed by atoms with Crippen LogP contribution in [0.15, 0.2) is 54.6 Å². The molecule has 0 unspecified atom stereocenters. The average molecular weight is 438 g/mol. The van der Waals surface area contributed by atoms with Crippen LogP contribution in [-0.2, 0) is 18.3 Å². The van der Waals surface area contributed by atoms with E-state index in [1.54, 1.807) is 18.9 Å². The molecule has 0 saturated heterocycles. The van der Waals surface area contributed by atoms with E-state index >= 15 is 0 Å². The number of ether oxygens (including phenoxy) is 3. The number of aromatic nitrogens is 2. The molecule has 0 radical (unpaired) electrons. The number of nitrogens with zero attached hydrogens (tertiary/aromatic N) is 3. The molecule has 7 nitrogen and oxygen atoms in total. The number of aliphatic hydroxyl groups is 1. The van der Waals surface area contributed by atoms with E-state index in [0.29, 0.717) is 37.4 Å². The summed E-state index contributed by atoms with van der Waals surface area (Å²) in [5, 5.41) is 15.2. The van der Waals surface area contributed by atoms with Gasteiger partial charge >= 0.3 is 0 Å². The highest BCUT2D eigenvalue weighted by Crippen LogP contribution is 2.37. The van der Waals surface area contributed by atoms with Crippen molar-refractivity contribution in [2.45, 2.75) is 31.5 Å². The molecule has 7 heteroatoms. The molecule has 0 aliphatic heterocycles. The first-order valence-corrected chi connectivity index (χ1v) is 10.9. The zero-order chi connectivity index (χ0) is 22.5. The smallest absolute Gasteiger partial charge is 0.222 e. The topological polar surface area (TPSA) is 69.0 Å². The Morgan fingerprint density at radius 3 is 2.38 bits per heavy atom. The predicted octanol–water partition coefficient (Wildman–Crippen LogP) is 3.86. The summed E-state index contributed by atoms with van der Waals surface area (Å²) in [4.78, 5) is 2.31. The maximum atomic E-state index is 10.4. The largest absolute Gasteiger partial charge is 0.497 e. The summed E-state index contributed by atoms with van der Waals surface area (Å²) in [6.07, 6.45) is 1.73. The molecular weight excluding hydrogens is 406 g/mol. The lowest BCUT2D eigenvalue weighted by molar-refractivity contribution is 0.0336. The van der Waals surface area contributed by atoms with Crippen molar-refractivity contribution in [3.63, 3.8) is 0 Å². The van der Waals surface area contributed by atoms with Crippen LogP contribution in [-0.4, -0.2) is 59.3 Å². The van der Waals surface area contributed by atoms with Crippen LogP contribution >= 0.6 is 0 Å². The van der Waals surface area contributed by atoms with Crippen molar-refractivity contribution in [1.82, 2.24) is 14.7 Å². The fraction of sp³-hybridized carbons (Fsp3) is 0.400. The van der Waals surface area contributed by atoms with E-state index in [0.717, 1.165) is 35.4 Å². The van der Waals surface area contributed by atoms with Gasteiger partial charge in [-0.3, -0.25) is 4.90 Å². The van der Waals surface area contributed by atoms with E-state index in [1.807, 2.05) is 49.5 Å². The number of hydrogen-bond donors (Lipinski definition) is 1. The molecule has 1 aliphatic rings. The Hall–Kier alpha value is -2.87. The summed E-state index contributed by atoms with van der Waals surface area (Å²) in [6.45, 7) is 1.50. The zero-order valence-corrected chi connectivity index (χ0v) is 18.9. The molecule has 1 saturated carbocycles. The lowest BCUT2D eigenvalue weighted by Gasteiger charge is -2.25. The molecular formula is C25H31N3O4. The van der Waals surface area contributed by atoms with Gasteiger partial charge < -0.3 is 19.3 Å². The highest BCUT2D eigenvalue weighted by Gasteiger charge is 2.33. The normalized spacial score (nSPS) is 14.5. The molecule has 170 valence electrons. The monoisotopic (exact) mass is 437 g/mol. The molecule has 1 N–H and O–H groups in total. The molecule has 1 atom stereocenters. The average Bonchev–Trinajstić information content (AvgIpc) is 3.61. The number of aryl methyl sites for hydroxylation is 1. The fourth-order valence-electron chi connectivity index (χ4n) is 3.91. The molecule has 1 aliphatic carbocycles. The summed E-state index contributed by atoms with van der Waals surface area (Å²) >= 11 is 0. The molecule has 1 fully saturated rings. The van der Waals surface area contributed by atoms with Gasteiger partial charge in [0.2, 0.25) is 5.88 Å².